The molecule has 0 atom stereocenters. The number of methoxy groups -OCH3 is 2. The van der Waals surface area contributed by atoms with Gasteiger partial charge in [-0.15, -0.1) is 0 Å². The summed E-state index contributed by atoms with van der Waals surface area (Å²) in [7, 11) is -0.538. The molecule has 22 heavy (non-hydrogen) atoms. The standard InChI is InChI=1S/C14H16B2O6/c1-21-13-9(5-3-7-11(13)15(17)18)10-6-4-8-12(16(19)20)14(10)22-2/h3-8,17-20H,1-2H3. The topological polar surface area (TPSA) is 99.4 Å². The van der Waals surface area contributed by atoms with Crippen molar-refractivity contribution in [1.82, 2.24) is 0 Å². The van der Waals surface area contributed by atoms with E-state index in [2.05, 4.69) is 0 Å². The van der Waals surface area contributed by atoms with E-state index in [1.54, 1.807) is 24.3 Å². The molecule has 0 bridgehead atoms. The van der Waals surface area contributed by atoms with Crippen molar-refractivity contribution in [1.29, 1.82) is 0 Å². The molecule has 2 aromatic carbocycles. The second-order valence-corrected chi connectivity index (χ2v) is 4.60. The molecule has 0 fully saturated rings. The van der Waals surface area contributed by atoms with Crippen LogP contribution in [-0.2, 0) is 0 Å². The predicted octanol–water partition coefficient (Wildman–Crippen LogP) is -1.27. The number of rotatable bonds is 5. The molecule has 0 saturated carbocycles. The Morgan fingerprint density at radius 2 is 1.05 bits per heavy atom. The zero-order chi connectivity index (χ0) is 16.3. The molecule has 0 saturated heterocycles. The van der Waals surface area contributed by atoms with E-state index in [1.165, 1.54) is 26.4 Å². The third kappa shape index (κ3) is 2.95. The summed E-state index contributed by atoms with van der Waals surface area (Å²) in [6.45, 7) is 0. The lowest BCUT2D eigenvalue weighted by atomic mass is 9.75. The van der Waals surface area contributed by atoms with Crippen LogP contribution in [0, 0.1) is 0 Å². The van der Waals surface area contributed by atoms with Gasteiger partial charge in [0, 0.05) is 22.1 Å². The molecule has 0 amide bonds. The van der Waals surface area contributed by atoms with Gasteiger partial charge in [0.05, 0.1) is 14.2 Å². The van der Waals surface area contributed by atoms with Gasteiger partial charge in [0.25, 0.3) is 0 Å². The molecule has 2 aromatic rings. The monoisotopic (exact) mass is 302 g/mol. The van der Waals surface area contributed by atoms with Gasteiger partial charge in [0.1, 0.15) is 11.5 Å². The van der Waals surface area contributed by atoms with E-state index in [9.17, 15) is 20.1 Å². The van der Waals surface area contributed by atoms with Crippen LogP contribution in [0.25, 0.3) is 11.1 Å². The molecule has 0 aliphatic carbocycles. The van der Waals surface area contributed by atoms with Crippen LogP contribution in [0.1, 0.15) is 0 Å². The average Bonchev–Trinajstić information content (AvgIpc) is 2.52. The predicted molar refractivity (Wildman–Crippen MR) is 84.6 cm³/mol. The Bertz CT molecular complexity index is 602. The summed E-state index contributed by atoms with van der Waals surface area (Å²) in [6, 6.07) is 9.79. The van der Waals surface area contributed by atoms with Crippen LogP contribution in [0.2, 0.25) is 0 Å². The number of para-hydroxylation sites is 2. The molecule has 0 unspecified atom stereocenters. The fraction of sp³-hybridized carbons (Fsp3) is 0.143. The van der Waals surface area contributed by atoms with Crippen LogP contribution in [0.4, 0.5) is 0 Å². The SMILES string of the molecule is COc1c(B(O)O)cccc1-c1cccc(B(O)O)c1OC. The van der Waals surface area contributed by atoms with Gasteiger partial charge in [0.2, 0.25) is 0 Å². The zero-order valence-corrected chi connectivity index (χ0v) is 12.2. The maximum absolute atomic E-state index is 9.44. The molecule has 0 aliphatic rings. The van der Waals surface area contributed by atoms with Crippen LogP contribution < -0.4 is 20.4 Å². The Hall–Kier alpha value is -1.99. The third-order valence-corrected chi connectivity index (χ3v) is 3.35. The first kappa shape index (κ1) is 16.4. The number of hydrogen-bond donors (Lipinski definition) is 4. The molecular weight excluding hydrogens is 286 g/mol. The lowest BCUT2D eigenvalue weighted by molar-refractivity contribution is 0.399. The lowest BCUT2D eigenvalue weighted by Gasteiger charge is -2.17. The quantitative estimate of drug-likeness (QED) is 0.514. The molecule has 0 aliphatic heterocycles. The van der Waals surface area contributed by atoms with E-state index in [-0.39, 0.29) is 22.4 Å². The van der Waals surface area contributed by atoms with Crippen molar-refractivity contribution in [2.24, 2.45) is 0 Å². The normalized spacial score (nSPS) is 10.3. The van der Waals surface area contributed by atoms with Crippen molar-refractivity contribution in [2.45, 2.75) is 0 Å². The van der Waals surface area contributed by atoms with Gasteiger partial charge in [-0.1, -0.05) is 36.4 Å². The van der Waals surface area contributed by atoms with Crippen molar-refractivity contribution >= 4 is 25.2 Å². The van der Waals surface area contributed by atoms with Crippen LogP contribution in [0.3, 0.4) is 0 Å². The Balaban J connectivity index is 2.72. The lowest BCUT2D eigenvalue weighted by Crippen LogP contribution is -2.32. The number of benzene rings is 2. The molecule has 0 heterocycles. The molecule has 114 valence electrons. The molecular formula is C14H16B2O6. The fourth-order valence-corrected chi connectivity index (χ4v) is 2.40. The summed E-state index contributed by atoms with van der Waals surface area (Å²) < 4.78 is 10.6. The van der Waals surface area contributed by atoms with Gasteiger partial charge in [-0.05, 0) is 0 Å². The smallest absolute Gasteiger partial charge is 0.492 e. The Kier molecular flexibility index (Phi) is 5.10. The largest absolute Gasteiger partial charge is 0.496 e. The highest BCUT2D eigenvalue weighted by atomic mass is 16.5. The van der Waals surface area contributed by atoms with Crippen molar-refractivity contribution in [3.8, 4) is 22.6 Å². The summed E-state index contributed by atoms with van der Waals surface area (Å²) in [5.41, 5.74) is 1.51. The maximum Gasteiger partial charge on any atom is 0.492 e. The third-order valence-electron chi connectivity index (χ3n) is 3.35. The Morgan fingerprint density at radius 1 is 0.682 bits per heavy atom. The second-order valence-electron chi connectivity index (χ2n) is 4.60. The molecule has 0 radical (unpaired) electrons. The van der Waals surface area contributed by atoms with E-state index in [0.717, 1.165) is 0 Å². The van der Waals surface area contributed by atoms with E-state index in [0.29, 0.717) is 11.1 Å². The minimum Gasteiger partial charge on any atom is -0.496 e. The van der Waals surface area contributed by atoms with Crippen molar-refractivity contribution in [3.05, 3.63) is 36.4 Å². The van der Waals surface area contributed by atoms with Gasteiger partial charge in [-0.25, -0.2) is 0 Å². The van der Waals surface area contributed by atoms with Crippen LogP contribution in [0.5, 0.6) is 11.5 Å². The van der Waals surface area contributed by atoms with E-state index in [4.69, 9.17) is 9.47 Å². The Morgan fingerprint density at radius 3 is 1.32 bits per heavy atom. The summed E-state index contributed by atoms with van der Waals surface area (Å²) in [4.78, 5) is 0. The summed E-state index contributed by atoms with van der Waals surface area (Å²) in [6.07, 6.45) is 0. The Labute approximate surface area is 128 Å². The van der Waals surface area contributed by atoms with Crippen molar-refractivity contribution in [3.63, 3.8) is 0 Å². The number of hydrogen-bond acceptors (Lipinski definition) is 6. The molecule has 8 heteroatoms. The highest BCUT2D eigenvalue weighted by molar-refractivity contribution is 6.60. The molecule has 0 aromatic heterocycles. The molecule has 2 rings (SSSR count). The highest BCUT2D eigenvalue weighted by Gasteiger charge is 2.24. The first-order valence-corrected chi connectivity index (χ1v) is 6.57. The summed E-state index contributed by atoms with van der Waals surface area (Å²) in [5, 5.41) is 37.8. The maximum atomic E-state index is 9.44. The second kappa shape index (κ2) is 6.85. The molecule has 4 N–H and O–H groups in total. The zero-order valence-electron chi connectivity index (χ0n) is 12.2. The van der Waals surface area contributed by atoms with Gasteiger partial charge in [-0.2, -0.15) is 0 Å². The highest BCUT2D eigenvalue weighted by Crippen LogP contribution is 2.34. The summed E-state index contributed by atoms with van der Waals surface area (Å²) >= 11 is 0. The van der Waals surface area contributed by atoms with Gasteiger partial charge in [0.15, 0.2) is 0 Å². The fourth-order valence-electron chi connectivity index (χ4n) is 2.40. The minimum absolute atomic E-state index is 0.206. The van der Waals surface area contributed by atoms with Gasteiger partial charge < -0.3 is 29.6 Å². The van der Waals surface area contributed by atoms with E-state index < -0.39 is 14.2 Å². The first-order chi connectivity index (χ1) is 10.5. The van der Waals surface area contributed by atoms with Crippen molar-refractivity contribution < 1.29 is 29.6 Å². The van der Waals surface area contributed by atoms with Crippen molar-refractivity contribution in [2.75, 3.05) is 14.2 Å². The summed E-state index contributed by atoms with van der Waals surface area (Å²) in [5.74, 6) is 0.556. The molecule has 6 nitrogen and oxygen atoms in total. The van der Waals surface area contributed by atoms with Gasteiger partial charge in [-0.3, -0.25) is 0 Å². The first-order valence-electron chi connectivity index (χ1n) is 6.57. The van der Waals surface area contributed by atoms with E-state index in [1.807, 2.05) is 0 Å². The molecule has 0 spiro atoms. The van der Waals surface area contributed by atoms with Crippen LogP contribution in [0.15, 0.2) is 36.4 Å². The van der Waals surface area contributed by atoms with E-state index >= 15 is 0 Å². The van der Waals surface area contributed by atoms with Gasteiger partial charge >= 0.3 is 14.2 Å². The number of ether oxygens (including phenoxy) is 2. The van der Waals surface area contributed by atoms with Crippen LogP contribution in [-0.4, -0.2) is 48.6 Å². The minimum atomic E-state index is -1.69. The van der Waals surface area contributed by atoms with Crippen LogP contribution >= 0.6 is 0 Å². The average molecular weight is 302 g/mol.